The highest BCUT2D eigenvalue weighted by Crippen LogP contribution is 2.25. The monoisotopic (exact) mass is 223 g/mol. The van der Waals surface area contributed by atoms with Crippen LogP contribution in [0.5, 0.6) is 0 Å². The molecule has 16 heavy (non-hydrogen) atoms. The lowest BCUT2D eigenvalue weighted by Gasteiger charge is -2.33. The third-order valence-corrected chi connectivity index (χ3v) is 3.27. The zero-order valence-electron chi connectivity index (χ0n) is 9.86. The number of aromatic nitrogens is 2. The molecule has 0 N–H and O–H groups in total. The fourth-order valence-electron chi connectivity index (χ4n) is 2.21. The van der Waals surface area contributed by atoms with Crippen LogP contribution >= 0.6 is 0 Å². The molecule has 4 heteroatoms. The van der Waals surface area contributed by atoms with Crippen molar-refractivity contribution in [1.82, 2.24) is 14.9 Å². The summed E-state index contributed by atoms with van der Waals surface area (Å²) in [6, 6.07) is 0.607. The fraction of sp³-hybridized carbons (Fsp3) is 0.667. The molecule has 0 radical (unpaired) electrons. The summed E-state index contributed by atoms with van der Waals surface area (Å²) in [6.07, 6.45) is 4.67. The molecule has 0 bridgehead atoms. The average molecular weight is 223 g/mol. The van der Waals surface area contributed by atoms with Crippen LogP contribution in [0.2, 0.25) is 0 Å². The van der Waals surface area contributed by atoms with E-state index >= 15 is 0 Å². The van der Waals surface area contributed by atoms with Crippen LogP contribution in [-0.2, 0) is 0 Å². The Bertz CT molecular complexity index is 329. The molecule has 1 aromatic rings. The number of hydrogen-bond donors (Lipinski definition) is 0. The Labute approximate surface area is 95.7 Å². The van der Waals surface area contributed by atoms with E-state index in [1.165, 1.54) is 12.4 Å². The van der Waals surface area contributed by atoms with Crippen molar-refractivity contribution in [3.63, 3.8) is 0 Å². The zero-order chi connectivity index (χ0) is 11.5. The molecule has 0 spiro atoms. The minimum absolute atomic E-state index is 0.358. The van der Waals surface area contributed by atoms with Gasteiger partial charge in [-0.2, -0.15) is 0 Å². The molecule has 0 unspecified atom stereocenters. The van der Waals surface area contributed by atoms with Crippen molar-refractivity contribution < 1.29 is 4.39 Å². The summed E-state index contributed by atoms with van der Waals surface area (Å²) in [6.45, 7) is 6.61. The number of likely N-dealkylation sites (tertiary alicyclic amines) is 1. The molecule has 0 aromatic carbocycles. The number of rotatable bonds is 2. The van der Waals surface area contributed by atoms with Gasteiger partial charge in [0.25, 0.3) is 0 Å². The van der Waals surface area contributed by atoms with E-state index in [0.29, 0.717) is 12.0 Å². The van der Waals surface area contributed by atoms with Gasteiger partial charge in [-0.1, -0.05) is 0 Å². The Hall–Kier alpha value is -1.03. The second kappa shape index (κ2) is 4.87. The van der Waals surface area contributed by atoms with Gasteiger partial charge in [-0.05, 0) is 39.8 Å². The highest BCUT2D eigenvalue weighted by atomic mass is 19.1. The van der Waals surface area contributed by atoms with Gasteiger partial charge in [-0.15, -0.1) is 0 Å². The van der Waals surface area contributed by atoms with E-state index in [1.807, 2.05) is 0 Å². The van der Waals surface area contributed by atoms with Gasteiger partial charge >= 0.3 is 0 Å². The van der Waals surface area contributed by atoms with Crippen molar-refractivity contribution >= 4 is 0 Å². The smallest absolute Gasteiger partial charge is 0.159 e. The summed E-state index contributed by atoms with van der Waals surface area (Å²) in [7, 11) is 0. The maximum absolute atomic E-state index is 12.7. The first-order chi connectivity index (χ1) is 7.66. The second-order valence-electron chi connectivity index (χ2n) is 4.66. The van der Waals surface area contributed by atoms with Gasteiger partial charge in [0, 0.05) is 12.0 Å². The lowest BCUT2D eigenvalue weighted by Crippen LogP contribution is -2.38. The zero-order valence-corrected chi connectivity index (χ0v) is 9.86. The quantitative estimate of drug-likeness (QED) is 0.769. The topological polar surface area (TPSA) is 29.0 Å². The van der Waals surface area contributed by atoms with E-state index in [9.17, 15) is 4.39 Å². The Morgan fingerprint density at radius 2 is 1.81 bits per heavy atom. The molecule has 1 aliphatic heterocycles. The molecule has 0 atom stereocenters. The summed E-state index contributed by atoms with van der Waals surface area (Å²) < 4.78 is 12.7. The van der Waals surface area contributed by atoms with Gasteiger partial charge in [-0.25, -0.2) is 14.4 Å². The summed E-state index contributed by atoms with van der Waals surface area (Å²) in [5, 5.41) is 0. The van der Waals surface area contributed by atoms with Gasteiger partial charge in [0.15, 0.2) is 5.82 Å². The number of halogens is 1. The van der Waals surface area contributed by atoms with Crippen molar-refractivity contribution in [3.05, 3.63) is 24.0 Å². The van der Waals surface area contributed by atoms with Crippen molar-refractivity contribution in [2.75, 3.05) is 13.1 Å². The maximum atomic E-state index is 12.7. The van der Waals surface area contributed by atoms with E-state index in [4.69, 9.17) is 0 Å². The minimum atomic E-state index is -0.358. The van der Waals surface area contributed by atoms with Gasteiger partial charge in [-0.3, -0.25) is 0 Å². The summed E-state index contributed by atoms with van der Waals surface area (Å²) >= 11 is 0. The predicted octanol–water partition coefficient (Wildman–Crippen LogP) is 2.20. The Morgan fingerprint density at radius 3 is 2.31 bits per heavy atom. The third-order valence-electron chi connectivity index (χ3n) is 3.27. The Kier molecular flexibility index (Phi) is 3.49. The number of nitrogens with zero attached hydrogens (tertiary/aromatic N) is 3. The van der Waals surface area contributed by atoms with Crippen molar-refractivity contribution in [2.24, 2.45) is 0 Å². The molecule has 0 amide bonds. The molecule has 2 rings (SSSR count). The van der Waals surface area contributed by atoms with Gasteiger partial charge in [0.05, 0.1) is 12.4 Å². The first-order valence-electron chi connectivity index (χ1n) is 5.88. The highest BCUT2D eigenvalue weighted by molar-refractivity contribution is 5.00. The standard InChI is InChI=1S/C12H18FN3/c1-9(2)16-5-3-10(4-6-16)12-14-7-11(13)8-15-12/h7-10H,3-6H2,1-2H3. The summed E-state index contributed by atoms with van der Waals surface area (Å²) in [5.41, 5.74) is 0. The average Bonchev–Trinajstić information content (AvgIpc) is 2.30. The molecule has 0 aliphatic carbocycles. The summed E-state index contributed by atoms with van der Waals surface area (Å²) in [5.74, 6) is 0.837. The van der Waals surface area contributed by atoms with E-state index in [2.05, 4.69) is 28.7 Å². The van der Waals surface area contributed by atoms with E-state index in [-0.39, 0.29) is 5.82 Å². The molecule has 0 saturated carbocycles. The van der Waals surface area contributed by atoms with Gasteiger partial charge < -0.3 is 4.90 Å². The molecule has 2 heterocycles. The maximum Gasteiger partial charge on any atom is 0.159 e. The molecular weight excluding hydrogens is 205 g/mol. The van der Waals surface area contributed by atoms with Crippen LogP contribution in [0.4, 0.5) is 4.39 Å². The van der Waals surface area contributed by atoms with Gasteiger partial charge in [0.2, 0.25) is 0 Å². The van der Waals surface area contributed by atoms with Crippen LogP contribution < -0.4 is 0 Å². The van der Waals surface area contributed by atoms with Crippen molar-refractivity contribution in [2.45, 2.75) is 38.6 Å². The molecule has 88 valence electrons. The lowest BCUT2D eigenvalue weighted by atomic mass is 9.95. The minimum Gasteiger partial charge on any atom is -0.301 e. The molecule has 1 aliphatic rings. The lowest BCUT2D eigenvalue weighted by molar-refractivity contribution is 0.169. The van der Waals surface area contributed by atoms with E-state index < -0.39 is 0 Å². The van der Waals surface area contributed by atoms with Gasteiger partial charge in [0.1, 0.15) is 5.82 Å². The van der Waals surface area contributed by atoms with Crippen LogP contribution in [-0.4, -0.2) is 34.0 Å². The van der Waals surface area contributed by atoms with Crippen LogP contribution in [0.1, 0.15) is 38.4 Å². The normalized spacial score (nSPS) is 19.2. The molecule has 1 saturated heterocycles. The first kappa shape index (κ1) is 11.5. The fourth-order valence-corrected chi connectivity index (χ4v) is 2.21. The summed E-state index contributed by atoms with van der Waals surface area (Å²) in [4.78, 5) is 10.6. The Morgan fingerprint density at radius 1 is 1.25 bits per heavy atom. The third kappa shape index (κ3) is 2.55. The van der Waals surface area contributed by atoms with Crippen LogP contribution in [0.15, 0.2) is 12.4 Å². The first-order valence-corrected chi connectivity index (χ1v) is 5.88. The van der Waals surface area contributed by atoms with Crippen LogP contribution in [0.25, 0.3) is 0 Å². The van der Waals surface area contributed by atoms with E-state index in [1.54, 1.807) is 0 Å². The molecule has 3 nitrogen and oxygen atoms in total. The number of hydrogen-bond acceptors (Lipinski definition) is 3. The van der Waals surface area contributed by atoms with Crippen molar-refractivity contribution in [3.8, 4) is 0 Å². The largest absolute Gasteiger partial charge is 0.301 e. The Balaban J connectivity index is 1.96. The van der Waals surface area contributed by atoms with E-state index in [0.717, 1.165) is 31.8 Å². The SMILES string of the molecule is CC(C)N1CCC(c2ncc(F)cn2)CC1. The molecule has 1 fully saturated rings. The van der Waals surface area contributed by atoms with Crippen LogP contribution in [0, 0.1) is 5.82 Å². The highest BCUT2D eigenvalue weighted by Gasteiger charge is 2.23. The van der Waals surface area contributed by atoms with Crippen molar-refractivity contribution in [1.29, 1.82) is 0 Å². The van der Waals surface area contributed by atoms with Crippen LogP contribution in [0.3, 0.4) is 0 Å². The number of piperidine rings is 1. The molecular formula is C12H18FN3. The molecule has 1 aromatic heterocycles. The predicted molar refractivity (Wildman–Crippen MR) is 60.7 cm³/mol. The second-order valence-corrected chi connectivity index (χ2v) is 4.66.